The molecule has 1 aliphatic rings. The van der Waals surface area contributed by atoms with Crippen molar-refractivity contribution in [3.63, 3.8) is 0 Å². The van der Waals surface area contributed by atoms with Crippen LogP contribution in [-0.4, -0.2) is 12.5 Å². The Kier molecular flexibility index (Phi) is 5.60. The van der Waals surface area contributed by atoms with E-state index in [0.29, 0.717) is 6.54 Å². The standard InChI is InChI=1S/C19H27NO/c1-3-14-19(15-20-16(2)21,17-10-6-4-7-11-17)18-12-8-5-9-13-18/h4,6-7,10-12H,3,5,8-9,13-15H2,1-2H3,(H,20,21)/t19-/m1/s1. The first-order chi connectivity index (χ1) is 10.2. The quantitative estimate of drug-likeness (QED) is 0.773. The van der Waals surface area contributed by atoms with Gasteiger partial charge in [0.25, 0.3) is 0 Å². The van der Waals surface area contributed by atoms with Gasteiger partial charge in [-0.25, -0.2) is 0 Å². The van der Waals surface area contributed by atoms with Gasteiger partial charge >= 0.3 is 0 Å². The zero-order valence-electron chi connectivity index (χ0n) is 13.3. The molecule has 114 valence electrons. The van der Waals surface area contributed by atoms with E-state index in [1.807, 2.05) is 0 Å². The molecule has 1 atom stereocenters. The van der Waals surface area contributed by atoms with Crippen LogP contribution in [0.4, 0.5) is 0 Å². The molecule has 21 heavy (non-hydrogen) atoms. The van der Waals surface area contributed by atoms with Gasteiger partial charge in [0.05, 0.1) is 0 Å². The molecule has 0 fully saturated rings. The van der Waals surface area contributed by atoms with E-state index in [1.54, 1.807) is 6.92 Å². The zero-order chi connectivity index (χ0) is 15.1. The van der Waals surface area contributed by atoms with Crippen LogP contribution < -0.4 is 5.32 Å². The molecule has 1 aromatic rings. The molecule has 0 aromatic heterocycles. The lowest BCUT2D eigenvalue weighted by Gasteiger charge is -2.38. The summed E-state index contributed by atoms with van der Waals surface area (Å²) in [5, 5.41) is 3.09. The van der Waals surface area contributed by atoms with Crippen LogP contribution in [0.25, 0.3) is 0 Å². The van der Waals surface area contributed by atoms with Crippen LogP contribution in [0, 0.1) is 0 Å². The molecule has 0 spiro atoms. The second-order valence-corrected chi connectivity index (χ2v) is 6.08. The number of hydrogen-bond acceptors (Lipinski definition) is 1. The number of hydrogen-bond donors (Lipinski definition) is 1. The van der Waals surface area contributed by atoms with E-state index in [1.165, 1.54) is 30.4 Å². The lowest BCUT2D eigenvalue weighted by molar-refractivity contribution is -0.119. The smallest absolute Gasteiger partial charge is 0.216 e. The summed E-state index contributed by atoms with van der Waals surface area (Å²) in [5.41, 5.74) is 2.84. The highest BCUT2D eigenvalue weighted by atomic mass is 16.1. The van der Waals surface area contributed by atoms with Crippen molar-refractivity contribution in [2.45, 2.75) is 57.8 Å². The first-order valence-electron chi connectivity index (χ1n) is 8.18. The molecule has 1 amide bonds. The third-order valence-corrected chi connectivity index (χ3v) is 4.55. The van der Waals surface area contributed by atoms with E-state index in [2.05, 4.69) is 48.6 Å². The summed E-state index contributed by atoms with van der Waals surface area (Å²) in [6.45, 7) is 4.55. The predicted octanol–water partition coefficient (Wildman–Crippen LogP) is 4.36. The van der Waals surface area contributed by atoms with Gasteiger partial charge in [0, 0.05) is 18.9 Å². The molecule has 1 aliphatic carbocycles. The normalized spacial score (nSPS) is 17.7. The van der Waals surface area contributed by atoms with Gasteiger partial charge in [-0.3, -0.25) is 4.79 Å². The maximum Gasteiger partial charge on any atom is 0.216 e. The Balaban J connectivity index is 2.42. The Morgan fingerprint density at radius 1 is 1.24 bits per heavy atom. The summed E-state index contributed by atoms with van der Waals surface area (Å²) in [6.07, 6.45) is 9.52. The van der Waals surface area contributed by atoms with E-state index >= 15 is 0 Å². The Hall–Kier alpha value is -1.57. The highest BCUT2D eigenvalue weighted by Crippen LogP contribution is 2.41. The maximum absolute atomic E-state index is 11.5. The van der Waals surface area contributed by atoms with Crippen molar-refractivity contribution in [2.75, 3.05) is 6.54 Å². The maximum atomic E-state index is 11.5. The van der Waals surface area contributed by atoms with Gasteiger partial charge in [0.2, 0.25) is 5.91 Å². The highest BCUT2D eigenvalue weighted by molar-refractivity contribution is 5.73. The number of rotatable bonds is 6. The van der Waals surface area contributed by atoms with E-state index in [9.17, 15) is 4.79 Å². The average molecular weight is 285 g/mol. The fourth-order valence-corrected chi connectivity index (χ4v) is 3.53. The van der Waals surface area contributed by atoms with Crippen LogP contribution in [0.1, 0.15) is 57.9 Å². The van der Waals surface area contributed by atoms with E-state index < -0.39 is 0 Å². The highest BCUT2D eigenvalue weighted by Gasteiger charge is 2.35. The van der Waals surface area contributed by atoms with Crippen LogP contribution in [-0.2, 0) is 10.2 Å². The van der Waals surface area contributed by atoms with Gasteiger partial charge in [-0.1, -0.05) is 55.3 Å². The van der Waals surface area contributed by atoms with Gasteiger partial charge in [-0.2, -0.15) is 0 Å². The van der Waals surface area contributed by atoms with Crippen LogP contribution in [0.5, 0.6) is 0 Å². The second kappa shape index (κ2) is 7.44. The summed E-state index contributed by atoms with van der Waals surface area (Å²) < 4.78 is 0. The number of carbonyl (C=O) groups excluding carboxylic acids is 1. The number of benzene rings is 1. The zero-order valence-corrected chi connectivity index (χ0v) is 13.3. The van der Waals surface area contributed by atoms with Crippen molar-refractivity contribution in [3.05, 3.63) is 47.5 Å². The molecule has 0 bridgehead atoms. The molecule has 2 nitrogen and oxygen atoms in total. The molecule has 0 heterocycles. The van der Waals surface area contributed by atoms with Crippen molar-refractivity contribution in [3.8, 4) is 0 Å². The molecule has 0 saturated carbocycles. The molecule has 2 rings (SSSR count). The van der Waals surface area contributed by atoms with E-state index in [4.69, 9.17) is 0 Å². The van der Waals surface area contributed by atoms with Crippen LogP contribution in [0.15, 0.2) is 42.0 Å². The largest absolute Gasteiger partial charge is 0.355 e. The van der Waals surface area contributed by atoms with Crippen LogP contribution >= 0.6 is 0 Å². The summed E-state index contributed by atoms with van der Waals surface area (Å²) >= 11 is 0. The van der Waals surface area contributed by atoms with Crippen molar-refractivity contribution >= 4 is 5.91 Å². The minimum Gasteiger partial charge on any atom is -0.355 e. The molecule has 2 heteroatoms. The lowest BCUT2D eigenvalue weighted by Crippen LogP contribution is -2.42. The van der Waals surface area contributed by atoms with Gasteiger partial charge < -0.3 is 5.32 Å². The SMILES string of the molecule is CCC[C@](CNC(C)=O)(C1=CCCCC1)c1ccccc1. The summed E-state index contributed by atoms with van der Waals surface area (Å²) in [7, 11) is 0. The summed E-state index contributed by atoms with van der Waals surface area (Å²) in [6, 6.07) is 10.7. The number of nitrogens with one attached hydrogen (secondary N) is 1. The first-order valence-corrected chi connectivity index (χ1v) is 8.18. The Morgan fingerprint density at radius 2 is 2.00 bits per heavy atom. The second-order valence-electron chi connectivity index (χ2n) is 6.08. The minimum absolute atomic E-state index is 0.0257. The van der Waals surface area contributed by atoms with Crippen molar-refractivity contribution in [2.24, 2.45) is 0 Å². The predicted molar refractivity (Wildman–Crippen MR) is 88.3 cm³/mol. The molecule has 0 aliphatic heterocycles. The number of carbonyl (C=O) groups is 1. The van der Waals surface area contributed by atoms with Gasteiger partial charge in [0.1, 0.15) is 0 Å². The molecule has 0 unspecified atom stereocenters. The van der Waals surface area contributed by atoms with Gasteiger partial charge in [-0.15, -0.1) is 0 Å². The molecular weight excluding hydrogens is 258 g/mol. The Morgan fingerprint density at radius 3 is 2.57 bits per heavy atom. The monoisotopic (exact) mass is 285 g/mol. The van der Waals surface area contributed by atoms with Gasteiger partial charge in [0.15, 0.2) is 0 Å². The fraction of sp³-hybridized carbons (Fsp3) is 0.526. The Bertz CT molecular complexity index is 492. The molecule has 0 radical (unpaired) electrons. The molecule has 1 aromatic carbocycles. The van der Waals surface area contributed by atoms with Crippen LogP contribution in [0.2, 0.25) is 0 Å². The van der Waals surface area contributed by atoms with Crippen LogP contribution in [0.3, 0.4) is 0 Å². The fourth-order valence-electron chi connectivity index (χ4n) is 3.53. The first kappa shape index (κ1) is 15.8. The minimum atomic E-state index is -0.0257. The molecular formula is C19H27NO. The number of amides is 1. The Labute approximate surface area is 128 Å². The third kappa shape index (κ3) is 3.75. The molecule has 1 N–H and O–H groups in total. The average Bonchev–Trinajstić information content (AvgIpc) is 2.53. The van der Waals surface area contributed by atoms with Gasteiger partial charge in [-0.05, 0) is 37.7 Å². The number of allylic oxidation sites excluding steroid dienone is 1. The third-order valence-electron chi connectivity index (χ3n) is 4.55. The van der Waals surface area contributed by atoms with Crippen molar-refractivity contribution in [1.29, 1.82) is 0 Å². The van der Waals surface area contributed by atoms with Crippen molar-refractivity contribution in [1.82, 2.24) is 5.32 Å². The summed E-state index contributed by atoms with van der Waals surface area (Å²) in [4.78, 5) is 11.5. The van der Waals surface area contributed by atoms with Crippen molar-refractivity contribution < 1.29 is 4.79 Å². The lowest BCUT2D eigenvalue weighted by atomic mass is 9.68. The van der Waals surface area contributed by atoms with E-state index in [-0.39, 0.29) is 11.3 Å². The topological polar surface area (TPSA) is 29.1 Å². The molecule has 0 saturated heterocycles. The van der Waals surface area contributed by atoms with E-state index in [0.717, 1.165) is 19.3 Å². The summed E-state index contributed by atoms with van der Waals surface area (Å²) in [5.74, 6) is 0.0582.